The van der Waals surface area contributed by atoms with Crippen LogP contribution in [0.1, 0.15) is 18.3 Å². The highest BCUT2D eigenvalue weighted by molar-refractivity contribution is 6.06. The molecule has 0 aliphatic heterocycles. The Balaban J connectivity index is 2.69. The van der Waals surface area contributed by atoms with Crippen LogP contribution in [0.3, 0.4) is 0 Å². The lowest BCUT2D eigenvalue weighted by Gasteiger charge is -1.98. The van der Waals surface area contributed by atoms with Crippen molar-refractivity contribution in [2.45, 2.75) is 13.3 Å². The average molecular weight is 204 g/mol. The summed E-state index contributed by atoms with van der Waals surface area (Å²) in [5, 5.41) is 11.6. The molecule has 0 aliphatic rings. The first-order valence-corrected chi connectivity index (χ1v) is 4.71. The molecule has 0 saturated heterocycles. The maximum absolute atomic E-state index is 8.64. The summed E-state index contributed by atoms with van der Waals surface area (Å²) in [6.07, 6.45) is 0.824. The van der Waals surface area contributed by atoms with E-state index in [-0.39, 0.29) is 5.84 Å². The average Bonchev–Trinajstić information content (AvgIpc) is 2.70. The van der Waals surface area contributed by atoms with Crippen LogP contribution >= 0.6 is 0 Å². The molecule has 0 fully saturated rings. The zero-order valence-electron chi connectivity index (χ0n) is 8.36. The molecule has 1 aromatic heterocycles. The van der Waals surface area contributed by atoms with Crippen molar-refractivity contribution in [3.8, 4) is 0 Å². The van der Waals surface area contributed by atoms with Gasteiger partial charge in [-0.25, -0.2) is 4.98 Å². The number of aromatic nitrogens is 2. The predicted molar refractivity (Wildman–Crippen MR) is 58.0 cm³/mol. The predicted octanol–water partition coefficient (Wildman–Crippen LogP) is 1.22. The molecule has 5 heteroatoms. The number of nitrogens with zero attached hydrogens (tertiary/aromatic N) is 2. The van der Waals surface area contributed by atoms with Gasteiger partial charge in [-0.05, 0) is 12.1 Å². The molecule has 1 heterocycles. The summed E-state index contributed by atoms with van der Waals surface area (Å²) in [7, 11) is 0. The van der Waals surface area contributed by atoms with Gasteiger partial charge in [-0.2, -0.15) is 0 Å². The number of hydrogen-bond acceptors (Lipinski definition) is 3. The Hall–Kier alpha value is -2.04. The Morgan fingerprint density at radius 2 is 2.40 bits per heavy atom. The minimum atomic E-state index is 0.0785. The lowest BCUT2D eigenvalue weighted by molar-refractivity contribution is 0.318. The first-order valence-electron chi connectivity index (χ1n) is 4.71. The standard InChI is InChI=1S/C10H12N4O/c1-2-8-12-7-5-3-4-6(9(7)13-8)10(11)14-15/h3-5,15H,2H2,1H3,(H2,11,14)(H,12,13). The second kappa shape index (κ2) is 3.61. The van der Waals surface area contributed by atoms with E-state index < -0.39 is 0 Å². The van der Waals surface area contributed by atoms with E-state index in [0.717, 1.165) is 23.3 Å². The minimum absolute atomic E-state index is 0.0785. The number of hydrogen-bond donors (Lipinski definition) is 3. The number of oxime groups is 1. The van der Waals surface area contributed by atoms with Gasteiger partial charge >= 0.3 is 0 Å². The summed E-state index contributed by atoms with van der Waals surface area (Å²) >= 11 is 0. The number of para-hydroxylation sites is 1. The van der Waals surface area contributed by atoms with Crippen LogP contribution in [0.4, 0.5) is 0 Å². The van der Waals surface area contributed by atoms with Gasteiger partial charge in [0.15, 0.2) is 5.84 Å². The van der Waals surface area contributed by atoms with Gasteiger partial charge in [0.25, 0.3) is 0 Å². The zero-order valence-corrected chi connectivity index (χ0v) is 8.36. The fourth-order valence-electron chi connectivity index (χ4n) is 1.51. The molecule has 78 valence electrons. The Kier molecular flexibility index (Phi) is 2.29. The molecule has 2 aromatic rings. The van der Waals surface area contributed by atoms with Crippen molar-refractivity contribution in [2.24, 2.45) is 10.9 Å². The second-order valence-electron chi connectivity index (χ2n) is 3.22. The van der Waals surface area contributed by atoms with Crippen molar-refractivity contribution in [1.29, 1.82) is 0 Å². The molecule has 0 bridgehead atoms. The molecule has 0 spiro atoms. The largest absolute Gasteiger partial charge is 0.409 e. The van der Waals surface area contributed by atoms with Gasteiger partial charge in [-0.1, -0.05) is 18.1 Å². The Labute approximate surface area is 86.6 Å². The van der Waals surface area contributed by atoms with Gasteiger partial charge in [0.1, 0.15) is 5.82 Å². The van der Waals surface area contributed by atoms with E-state index >= 15 is 0 Å². The summed E-state index contributed by atoms with van der Waals surface area (Å²) in [4.78, 5) is 7.53. The van der Waals surface area contributed by atoms with Crippen LogP contribution in [-0.4, -0.2) is 21.0 Å². The molecule has 0 aliphatic carbocycles. The summed E-state index contributed by atoms with van der Waals surface area (Å²) in [6, 6.07) is 5.53. The van der Waals surface area contributed by atoms with Crippen LogP contribution in [0, 0.1) is 0 Å². The monoisotopic (exact) mass is 204 g/mol. The van der Waals surface area contributed by atoms with E-state index in [1.54, 1.807) is 6.07 Å². The lowest BCUT2D eigenvalue weighted by atomic mass is 10.2. The highest BCUT2D eigenvalue weighted by atomic mass is 16.4. The van der Waals surface area contributed by atoms with Crippen LogP contribution in [0.25, 0.3) is 11.0 Å². The van der Waals surface area contributed by atoms with E-state index in [4.69, 9.17) is 10.9 Å². The molecule has 0 saturated carbocycles. The van der Waals surface area contributed by atoms with Crippen molar-refractivity contribution >= 4 is 16.9 Å². The number of nitrogens with two attached hydrogens (primary N) is 1. The van der Waals surface area contributed by atoms with Crippen molar-refractivity contribution in [3.05, 3.63) is 29.6 Å². The van der Waals surface area contributed by atoms with E-state index in [1.165, 1.54) is 0 Å². The van der Waals surface area contributed by atoms with Gasteiger partial charge in [-0.15, -0.1) is 0 Å². The third-order valence-corrected chi connectivity index (χ3v) is 2.28. The number of fused-ring (bicyclic) bond motifs is 1. The third-order valence-electron chi connectivity index (χ3n) is 2.28. The fourth-order valence-corrected chi connectivity index (χ4v) is 1.51. The Bertz CT molecular complexity index is 515. The minimum Gasteiger partial charge on any atom is -0.409 e. The van der Waals surface area contributed by atoms with Crippen molar-refractivity contribution < 1.29 is 5.21 Å². The number of imidazole rings is 1. The number of rotatable bonds is 2. The molecule has 1 aromatic carbocycles. The zero-order chi connectivity index (χ0) is 10.8. The van der Waals surface area contributed by atoms with Gasteiger partial charge < -0.3 is 15.9 Å². The Morgan fingerprint density at radius 1 is 1.60 bits per heavy atom. The highest BCUT2D eigenvalue weighted by Gasteiger charge is 2.09. The lowest BCUT2D eigenvalue weighted by Crippen LogP contribution is -2.13. The summed E-state index contributed by atoms with van der Waals surface area (Å²) in [5.74, 6) is 0.970. The van der Waals surface area contributed by atoms with E-state index in [9.17, 15) is 0 Å². The molecule has 0 radical (unpaired) electrons. The van der Waals surface area contributed by atoms with Crippen molar-refractivity contribution in [3.63, 3.8) is 0 Å². The molecular weight excluding hydrogens is 192 g/mol. The topological polar surface area (TPSA) is 87.3 Å². The maximum atomic E-state index is 8.64. The summed E-state index contributed by atoms with van der Waals surface area (Å²) in [5.41, 5.74) is 7.84. The molecule has 0 unspecified atom stereocenters. The first-order chi connectivity index (χ1) is 7.26. The number of amidine groups is 1. The van der Waals surface area contributed by atoms with Crippen LogP contribution in [0.15, 0.2) is 23.4 Å². The molecule has 0 amide bonds. The molecular formula is C10H12N4O. The number of aryl methyl sites for hydroxylation is 1. The maximum Gasteiger partial charge on any atom is 0.172 e. The van der Waals surface area contributed by atoms with E-state index in [2.05, 4.69) is 15.1 Å². The van der Waals surface area contributed by atoms with Gasteiger partial charge in [0.05, 0.1) is 11.0 Å². The van der Waals surface area contributed by atoms with Crippen LogP contribution in [-0.2, 0) is 6.42 Å². The fraction of sp³-hybridized carbons (Fsp3) is 0.200. The van der Waals surface area contributed by atoms with E-state index in [1.807, 2.05) is 19.1 Å². The first kappa shape index (κ1) is 9.51. The molecule has 0 atom stereocenters. The van der Waals surface area contributed by atoms with Crippen LogP contribution in [0.5, 0.6) is 0 Å². The second-order valence-corrected chi connectivity index (χ2v) is 3.22. The van der Waals surface area contributed by atoms with Gasteiger partial charge in [0.2, 0.25) is 0 Å². The van der Waals surface area contributed by atoms with Gasteiger partial charge in [0, 0.05) is 12.0 Å². The summed E-state index contributed by atoms with van der Waals surface area (Å²) in [6.45, 7) is 2.01. The molecule has 2 rings (SSSR count). The SMILES string of the molecule is CCc1nc2c(/C(N)=N/O)cccc2[nH]1. The Morgan fingerprint density at radius 3 is 3.07 bits per heavy atom. The van der Waals surface area contributed by atoms with Crippen LogP contribution in [0.2, 0.25) is 0 Å². The highest BCUT2D eigenvalue weighted by Crippen LogP contribution is 2.16. The van der Waals surface area contributed by atoms with Crippen molar-refractivity contribution in [1.82, 2.24) is 9.97 Å². The molecule has 4 N–H and O–H groups in total. The number of aromatic amines is 1. The molecule has 5 nitrogen and oxygen atoms in total. The quantitative estimate of drug-likeness (QED) is 0.297. The van der Waals surface area contributed by atoms with Crippen molar-refractivity contribution in [2.75, 3.05) is 0 Å². The smallest absolute Gasteiger partial charge is 0.172 e. The number of benzene rings is 1. The molecule has 15 heavy (non-hydrogen) atoms. The van der Waals surface area contributed by atoms with Gasteiger partial charge in [-0.3, -0.25) is 0 Å². The van der Waals surface area contributed by atoms with Crippen LogP contribution < -0.4 is 5.73 Å². The van der Waals surface area contributed by atoms with E-state index in [0.29, 0.717) is 5.56 Å². The summed E-state index contributed by atoms with van der Waals surface area (Å²) < 4.78 is 0. The number of H-pyrrole nitrogens is 1. The normalized spacial score (nSPS) is 12.2. The third kappa shape index (κ3) is 1.52. The number of nitrogens with one attached hydrogen (secondary N) is 1.